The molecule has 0 atom stereocenters. The van der Waals surface area contributed by atoms with E-state index in [1.54, 1.807) is 6.20 Å². The summed E-state index contributed by atoms with van der Waals surface area (Å²) >= 11 is 5.49. The molecule has 1 aromatic rings. The topological polar surface area (TPSA) is 12.9 Å². The molecule has 0 aliphatic rings. The molecule has 0 aromatic carbocycles. The molecule has 1 aromatic heterocycles. The van der Waals surface area contributed by atoms with Crippen LogP contribution < -0.4 is 0 Å². The molecule has 1 heterocycles. The van der Waals surface area contributed by atoms with Gasteiger partial charge in [-0.3, -0.25) is 0 Å². The summed E-state index contributed by atoms with van der Waals surface area (Å²) < 4.78 is 2.06. The second-order valence-corrected chi connectivity index (χ2v) is 3.15. The van der Waals surface area contributed by atoms with Crippen LogP contribution in [0, 0.1) is 3.70 Å². The van der Waals surface area contributed by atoms with E-state index in [1.165, 1.54) is 0 Å². The molecule has 1 nitrogen and oxygen atoms in total. The minimum absolute atomic E-state index is 1.00. The van der Waals surface area contributed by atoms with Gasteiger partial charge in [-0.05, 0) is 50.7 Å². The summed E-state index contributed by atoms with van der Waals surface area (Å²) in [7, 11) is 0. The molecule has 0 N–H and O–H groups in total. The molecule has 0 fully saturated rings. The number of pyridine rings is 1. The SMILES string of the molecule is Brc1cccnc1I. The zero-order chi connectivity index (χ0) is 5.98. The highest BCUT2D eigenvalue weighted by Crippen LogP contribution is 2.14. The Bertz CT molecular complexity index is 169. The third kappa shape index (κ3) is 1.42. The van der Waals surface area contributed by atoms with Crippen molar-refractivity contribution in [2.45, 2.75) is 0 Å². The van der Waals surface area contributed by atoms with E-state index in [-0.39, 0.29) is 0 Å². The highest BCUT2D eigenvalue weighted by molar-refractivity contribution is 14.1. The van der Waals surface area contributed by atoms with Gasteiger partial charge in [0.15, 0.2) is 0 Å². The van der Waals surface area contributed by atoms with Gasteiger partial charge >= 0.3 is 0 Å². The van der Waals surface area contributed by atoms with E-state index in [1.807, 2.05) is 12.1 Å². The fraction of sp³-hybridized carbons (Fsp3) is 0. The number of nitrogens with zero attached hydrogens (tertiary/aromatic N) is 1. The van der Waals surface area contributed by atoms with Crippen LogP contribution in [-0.4, -0.2) is 4.98 Å². The maximum Gasteiger partial charge on any atom is 0.115 e. The van der Waals surface area contributed by atoms with Crippen LogP contribution in [0.25, 0.3) is 0 Å². The van der Waals surface area contributed by atoms with E-state index in [0.29, 0.717) is 0 Å². The molecule has 3 heteroatoms. The molecule has 1 rings (SSSR count). The van der Waals surface area contributed by atoms with Gasteiger partial charge in [-0.15, -0.1) is 0 Å². The van der Waals surface area contributed by atoms with E-state index in [2.05, 4.69) is 43.5 Å². The monoisotopic (exact) mass is 283 g/mol. The molecule has 0 saturated carbocycles. The second kappa shape index (κ2) is 2.77. The van der Waals surface area contributed by atoms with Crippen LogP contribution >= 0.6 is 38.5 Å². The Morgan fingerprint density at radius 3 is 2.75 bits per heavy atom. The molecular weight excluding hydrogens is 281 g/mol. The quantitative estimate of drug-likeness (QED) is 0.526. The summed E-state index contributed by atoms with van der Waals surface area (Å²) in [6, 6.07) is 3.86. The smallest absolute Gasteiger partial charge is 0.115 e. The first kappa shape index (κ1) is 6.48. The minimum atomic E-state index is 1.00. The van der Waals surface area contributed by atoms with E-state index in [4.69, 9.17) is 0 Å². The number of rotatable bonds is 0. The first-order chi connectivity index (χ1) is 3.80. The van der Waals surface area contributed by atoms with Crippen molar-refractivity contribution in [3.05, 3.63) is 26.5 Å². The van der Waals surface area contributed by atoms with Crippen molar-refractivity contribution in [2.75, 3.05) is 0 Å². The van der Waals surface area contributed by atoms with E-state index in [0.717, 1.165) is 8.17 Å². The van der Waals surface area contributed by atoms with Crippen molar-refractivity contribution < 1.29 is 0 Å². The zero-order valence-electron chi connectivity index (χ0n) is 3.94. The normalized spacial score (nSPS) is 9.25. The van der Waals surface area contributed by atoms with Crippen molar-refractivity contribution in [1.82, 2.24) is 4.98 Å². The highest BCUT2D eigenvalue weighted by Gasteiger charge is 1.89. The third-order valence-corrected chi connectivity index (χ3v) is 2.95. The fourth-order valence-corrected chi connectivity index (χ4v) is 0.962. The van der Waals surface area contributed by atoms with Crippen LogP contribution in [0.5, 0.6) is 0 Å². The Morgan fingerprint density at radius 2 is 2.38 bits per heavy atom. The Hall–Kier alpha value is 0.360. The molecule has 0 unspecified atom stereocenters. The van der Waals surface area contributed by atoms with Gasteiger partial charge in [-0.25, -0.2) is 4.98 Å². The van der Waals surface area contributed by atoms with Crippen molar-refractivity contribution >= 4 is 38.5 Å². The van der Waals surface area contributed by atoms with Gasteiger partial charge in [-0.2, -0.15) is 0 Å². The third-order valence-electron chi connectivity index (χ3n) is 0.714. The first-order valence-electron chi connectivity index (χ1n) is 2.07. The summed E-state index contributed by atoms with van der Waals surface area (Å²) in [5, 5.41) is 0. The summed E-state index contributed by atoms with van der Waals surface area (Å²) in [4.78, 5) is 4.02. The van der Waals surface area contributed by atoms with Gasteiger partial charge in [0.25, 0.3) is 0 Å². The molecule has 0 aliphatic heterocycles. The van der Waals surface area contributed by atoms with Crippen LogP contribution in [0.3, 0.4) is 0 Å². The largest absolute Gasteiger partial charge is 0.249 e. The van der Waals surface area contributed by atoms with Gasteiger partial charge in [0.05, 0.1) is 0 Å². The van der Waals surface area contributed by atoms with Gasteiger partial charge in [0.1, 0.15) is 3.70 Å². The van der Waals surface area contributed by atoms with E-state index < -0.39 is 0 Å². The van der Waals surface area contributed by atoms with Crippen molar-refractivity contribution in [1.29, 1.82) is 0 Å². The van der Waals surface area contributed by atoms with Crippen molar-refractivity contribution in [2.24, 2.45) is 0 Å². The number of halogens is 2. The van der Waals surface area contributed by atoms with E-state index >= 15 is 0 Å². The molecule has 42 valence electrons. The van der Waals surface area contributed by atoms with E-state index in [9.17, 15) is 0 Å². The number of hydrogen-bond acceptors (Lipinski definition) is 1. The average molecular weight is 284 g/mol. The summed E-state index contributed by atoms with van der Waals surface area (Å²) in [6.07, 6.45) is 1.77. The van der Waals surface area contributed by atoms with Gasteiger partial charge < -0.3 is 0 Å². The molecule has 0 spiro atoms. The molecular formula is C5H3BrIN. The van der Waals surface area contributed by atoms with Crippen LogP contribution in [-0.2, 0) is 0 Å². The van der Waals surface area contributed by atoms with Crippen molar-refractivity contribution in [3.63, 3.8) is 0 Å². The van der Waals surface area contributed by atoms with Crippen LogP contribution in [0.2, 0.25) is 0 Å². The summed E-state index contributed by atoms with van der Waals surface area (Å²) in [5.74, 6) is 0. The molecule has 8 heavy (non-hydrogen) atoms. The van der Waals surface area contributed by atoms with Crippen molar-refractivity contribution in [3.8, 4) is 0 Å². The lowest BCUT2D eigenvalue weighted by molar-refractivity contribution is 1.25. The minimum Gasteiger partial charge on any atom is -0.249 e. The number of hydrogen-bond donors (Lipinski definition) is 0. The predicted octanol–water partition coefficient (Wildman–Crippen LogP) is 2.45. The molecule has 0 bridgehead atoms. The lowest BCUT2D eigenvalue weighted by atomic mass is 10.5. The molecule has 0 amide bonds. The zero-order valence-corrected chi connectivity index (χ0v) is 7.68. The van der Waals surface area contributed by atoms with Gasteiger partial charge in [0, 0.05) is 10.7 Å². The van der Waals surface area contributed by atoms with Crippen LogP contribution in [0.1, 0.15) is 0 Å². The second-order valence-electron chi connectivity index (χ2n) is 1.28. The van der Waals surface area contributed by atoms with Gasteiger partial charge in [0.2, 0.25) is 0 Å². The first-order valence-corrected chi connectivity index (χ1v) is 3.94. The summed E-state index contributed by atoms with van der Waals surface area (Å²) in [6.45, 7) is 0. The Balaban J connectivity index is 3.13. The van der Waals surface area contributed by atoms with Gasteiger partial charge in [-0.1, -0.05) is 0 Å². The Kier molecular flexibility index (Phi) is 2.25. The molecule has 0 aliphatic carbocycles. The maximum absolute atomic E-state index is 4.02. The standard InChI is InChI=1S/C5H3BrIN/c6-4-2-1-3-8-5(4)7/h1-3H. The Morgan fingerprint density at radius 1 is 1.62 bits per heavy atom. The van der Waals surface area contributed by atoms with Crippen LogP contribution in [0.4, 0.5) is 0 Å². The van der Waals surface area contributed by atoms with Crippen LogP contribution in [0.15, 0.2) is 22.8 Å². The molecule has 0 saturated heterocycles. The summed E-state index contributed by atoms with van der Waals surface area (Å²) in [5.41, 5.74) is 0. The molecule has 0 radical (unpaired) electrons. The maximum atomic E-state index is 4.02. The number of aromatic nitrogens is 1. The highest BCUT2D eigenvalue weighted by atomic mass is 127. The lowest BCUT2D eigenvalue weighted by Gasteiger charge is -1.88. The lowest BCUT2D eigenvalue weighted by Crippen LogP contribution is -1.76. The predicted molar refractivity (Wildman–Crippen MR) is 44.7 cm³/mol. The average Bonchev–Trinajstić information content (AvgIpc) is 1.77. The Labute approximate surface area is 69.8 Å². The fourth-order valence-electron chi connectivity index (χ4n) is 0.366.